The average molecular weight is 196 g/mol. The van der Waals surface area contributed by atoms with Crippen molar-refractivity contribution in [1.29, 1.82) is 0 Å². The van der Waals surface area contributed by atoms with E-state index in [-0.39, 0.29) is 6.61 Å². The van der Waals surface area contributed by atoms with Crippen LogP contribution in [0.15, 0.2) is 12.3 Å². The number of hydrogen-bond acceptors (Lipinski definition) is 2. The van der Waals surface area contributed by atoms with Gasteiger partial charge in [0.2, 0.25) is 0 Å². The van der Waals surface area contributed by atoms with Crippen LogP contribution in [0.5, 0.6) is 0 Å². The van der Waals surface area contributed by atoms with E-state index in [0.29, 0.717) is 11.6 Å². The molecule has 0 unspecified atom stereocenters. The van der Waals surface area contributed by atoms with Crippen LogP contribution >= 0.6 is 11.6 Å². The number of halogens is 1. The molecule has 0 amide bonds. The Morgan fingerprint density at radius 3 is 3.00 bits per heavy atom. The number of aliphatic hydroxyl groups is 1. The zero-order valence-corrected chi connectivity index (χ0v) is 8.10. The van der Waals surface area contributed by atoms with Gasteiger partial charge in [-0.05, 0) is 18.6 Å². The first-order valence-corrected chi connectivity index (χ1v) is 4.33. The van der Waals surface area contributed by atoms with E-state index in [0.717, 1.165) is 11.1 Å². The quantitative estimate of drug-likeness (QED) is 0.548. The van der Waals surface area contributed by atoms with Gasteiger partial charge in [0.25, 0.3) is 0 Å². The molecule has 1 aromatic heterocycles. The highest BCUT2D eigenvalue weighted by molar-refractivity contribution is 6.30. The number of hydrogen-bond donors (Lipinski definition) is 1. The van der Waals surface area contributed by atoms with Gasteiger partial charge in [-0.3, -0.25) is 0 Å². The minimum Gasteiger partial charge on any atom is -0.395 e. The molecule has 0 aliphatic carbocycles. The molecule has 1 N–H and O–H groups in total. The molecule has 0 radical (unpaired) electrons. The summed E-state index contributed by atoms with van der Waals surface area (Å²) in [5.74, 6) is 5.70. The van der Waals surface area contributed by atoms with Crippen molar-refractivity contribution in [2.24, 2.45) is 0 Å². The predicted octanol–water partition coefficient (Wildman–Crippen LogP) is 1.78. The minimum absolute atomic E-state index is 0.0903. The van der Waals surface area contributed by atoms with Gasteiger partial charge in [-0.15, -0.1) is 0 Å². The summed E-state index contributed by atoms with van der Waals surface area (Å²) in [4.78, 5) is 3.96. The Balaban J connectivity index is 2.81. The second-order valence-corrected chi connectivity index (χ2v) is 2.97. The summed E-state index contributed by atoms with van der Waals surface area (Å²) in [6.45, 7) is 1.97. The molecule has 0 atom stereocenters. The van der Waals surface area contributed by atoms with E-state index >= 15 is 0 Å². The van der Waals surface area contributed by atoms with Crippen molar-refractivity contribution >= 4 is 11.6 Å². The van der Waals surface area contributed by atoms with Gasteiger partial charge in [0.15, 0.2) is 0 Å². The fourth-order valence-corrected chi connectivity index (χ4v) is 0.950. The predicted molar refractivity (Wildman–Crippen MR) is 52.6 cm³/mol. The highest BCUT2D eigenvalue weighted by atomic mass is 35.5. The van der Waals surface area contributed by atoms with Gasteiger partial charge in [0.05, 0.1) is 6.61 Å². The van der Waals surface area contributed by atoms with Crippen molar-refractivity contribution in [3.05, 3.63) is 28.5 Å². The van der Waals surface area contributed by atoms with Crippen LogP contribution in [0.3, 0.4) is 0 Å². The van der Waals surface area contributed by atoms with Crippen molar-refractivity contribution in [2.45, 2.75) is 13.3 Å². The summed E-state index contributed by atoms with van der Waals surface area (Å²) in [6, 6.07) is 1.87. The standard InChI is InChI=1S/C10H10ClNO/c1-8-6-9(4-2-3-5-13)7-12-10(8)11/h6-7,13H,3,5H2,1H3. The molecule has 0 saturated heterocycles. The topological polar surface area (TPSA) is 33.1 Å². The highest BCUT2D eigenvalue weighted by Crippen LogP contribution is 2.11. The Bertz CT molecular complexity index is 352. The first-order valence-electron chi connectivity index (χ1n) is 3.96. The van der Waals surface area contributed by atoms with E-state index in [1.807, 2.05) is 13.0 Å². The first kappa shape index (κ1) is 10.0. The van der Waals surface area contributed by atoms with Crippen LogP contribution in [-0.2, 0) is 0 Å². The van der Waals surface area contributed by atoms with Gasteiger partial charge >= 0.3 is 0 Å². The van der Waals surface area contributed by atoms with Crippen LogP contribution < -0.4 is 0 Å². The van der Waals surface area contributed by atoms with Gasteiger partial charge in [-0.2, -0.15) is 0 Å². The van der Waals surface area contributed by atoms with Crippen molar-refractivity contribution < 1.29 is 5.11 Å². The second-order valence-electron chi connectivity index (χ2n) is 2.61. The number of aryl methyl sites for hydroxylation is 1. The molecular weight excluding hydrogens is 186 g/mol. The highest BCUT2D eigenvalue weighted by Gasteiger charge is 1.95. The number of aromatic nitrogens is 1. The van der Waals surface area contributed by atoms with Crippen LogP contribution in [0.2, 0.25) is 5.15 Å². The number of rotatable bonds is 1. The Morgan fingerprint density at radius 1 is 1.62 bits per heavy atom. The largest absolute Gasteiger partial charge is 0.395 e. The zero-order valence-electron chi connectivity index (χ0n) is 7.34. The van der Waals surface area contributed by atoms with Crippen molar-refractivity contribution in [3.63, 3.8) is 0 Å². The van der Waals surface area contributed by atoms with Gasteiger partial charge in [-0.1, -0.05) is 23.4 Å². The molecule has 0 saturated carbocycles. The van der Waals surface area contributed by atoms with Crippen LogP contribution in [0, 0.1) is 18.8 Å². The third kappa shape index (κ3) is 3.06. The normalized spacial score (nSPS) is 9.15. The lowest BCUT2D eigenvalue weighted by molar-refractivity contribution is 0.305. The number of nitrogens with zero attached hydrogens (tertiary/aromatic N) is 1. The summed E-state index contributed by atoms with van der Waals surface area (Å²) in [6.07, 6.45) is 2.11. The molecular formula is C10H10ClNO. The molecule has 0 aliphatic heterocycles. The molecule has 0 spiro atoms. The Kier molecular flexibility index (Phi) is 3.75. The lowest BCUT2D eigenvalue weighted by Crippen LogP contribution is -1.84. The molecule has 0 aromatic carbocycles. The van der Waals surface area contributed by atoms with E-state index in [9.17, 15) is 0 Å². The summed E-state index contributed by atoms with van der Waals surface area (Å²) in [5.41, 5.74) is 1.74. The van der Waals surface area contributed by atoms with Crippen molar-refractivity contribution in [1.82, 2.24) is 4.98 Å². The fourth-order valence-electron chi connectivity index (χ4n) is 0.847. The molecule has 68 valence electrons. The van der Waals surface area contributed by atoms with E-state index in [1.54, 1.807) is 6.20 Å². The number of aliphatic hydroxyl groups excluding tert-OH is 1. The third-order valence-corrected chi connectivity index (χ3v) is 1.88. The van der Waals surface area contributed by atoms with E-state index in [2.05, 4.69) is 16.8 Å². The zero-order chi connectivity index (χ0) is 9.68. The van der Waals surface area contributed by atoms with Gasteiger partial charge in [0, 0.05) is 18.2 Å². The number of pyridine rings is 1. The minimum atomic E-state index is 0.0903. The summed E-state index contributed by atoms with van der Waals surface area (Å²) >= 11 is 5.74. The molecule has 2 nitrogen and oxygen atoms in total. The van der Waals surface area contributed by atoms with E-state index in [1.165, 1.54) is 0 Å². The SMILES string of the molecule is Cc1cc(C#CCCO)cnc1Cl. The molecule has 3 heteroatoms. The van der Waals surface area contributed by atoms with E-state index in [4.69, 9.17) is 16.7 Å². The average Bonchev–Trinajstić information content (AvgIpc) is 2.12. The summed E-state index contributed by atoms with van der Waals surface area (Å²) in [5, 5.41) is 9.01. The lowest BCUT2D eigenvalue weighted by atomic mass is 10.2. The van der Waals surface area contributed by atoms with Crippen molar-refractivity contribution in [3.8, 4) is 11.8 Å². The summed E-state index contributed by atoms with van der Waals surface area (Å²) in [7, 11) is 0. The second kappa shape index (κ2) is 4.86. The lowest BCUT2D eigenvalue weighted by Gasteiger charge is -1.95. The molecule has 0 fully saturated rings. The molecule has 1 rings (SSSR count). The van der Waals surface area contributed by atoms with Crippen LogP contribution in [-0.4, -0.2) is 16.7 Å². The monoisotopic (exact) mass is 195 g/mol. The fraction of sp³-hybridized carbons (Fsp3) is 0.300. The molecule has 0 aliphatic rings. The smallest absolute Gasteiger partial charge is 0.132 e. The maximum atomic E-state index is 8.50. The third-order valence-electron chi connectivity index (χ3n) is 1.48. The maximum absolute atomic E-state index is 8.50. The maximum Gasteiger partial charge on any atom is 0.132 e. The summed E-state index contributed by atoms with van der Waals surface area (Å²) < 4.78 is 0. The van der Waals surface area contributed by atoms with Crippen LogP contribution in [0.1, 0.15) is 17.5 Å². The molecule has 1 aromatic rings. The van der Waals surface area contributed by atoms with Gasteiger partial charge in [0.1, 0.15) is 5.15 Å². The Labute approximate surface area is 82.6 Å². The Hall–Kier alpha value is -1.04. The van der Waals surface area contributed by atoms with Crippen LogP contribution in [0.4, 0.5) is 0 Å². The van der Waals surface area contributed by atoms with Gasteiger partial charge < -0.3 is 5.11 Å². The molecule has 0 bridgehead atoms. The molecule has 13 heavy (non-hydrogen) atoms. The molecule has 1 heterocycles. The van der Waals surface area contributed by atoms with E-state index < -0.39 is 0 Å². The van der Waals surface area contributed by atoms with Gasteiger partial charge in [-0.25, -0.2) is 4.98 Å². The van der Waals surface area contributed by atoms with Crippen LogP contribution in [0.25, 0.3) is 0 Å². The Morgan fingerprint density at radius 2 is 2.38 bits per heavy atom. The van der Waals surface area contributed by atoms with Crippen molar-refractivity contribution in [2.75, 3.05) is 6.61 Å². The first-order chi connectivity index (χ1) is 6.24.